The zero-order valence-corrected chi connectivity index (χ0v) is 25.1. The second-order valence-corrected chi connectivity index (χ2v) is 11.8. The standard InChI is InChI=1S/C26H45NO19/c1-6-12(31)15(34)18(37)25(41-6)46-22-14(33)10(5-29)43-26(19(22)38)45-21-11(27-8(3)30)24(42-9(4-28)13(21)32)44-20-7(2)40-23(39)17(36)16(20)35/h6-7,9-26,28-29,31-39H,4-5H2,1-3H3,(H,27,30)/t6-,7-,9+,10+,11+,12-,13+,14-,15+,16-,17+,18+,19+,20-,21+,22-,23+,24-,25-,26+/m0/s1. The molecule has 4 aliphatic heterocycles. The molecular weight excluding hydrogens is 630 g/mol. The first-order valence-electron chi connectivity index (χ1n) is 14.8. The molecule has 0 bridgehead atoms. The average molecular weight is 676 g/mol. The van der Waals surface area contributed by atoms with Crippen molar-refractivity contribution in [3.8, 4) is 0 Å². The summed E-state index contributed by atoms with van der Waals surface area (Å²) >= 11 is 0. The number of aliphatic hydroxyl groups is 11. The van der Waals surface area contributed by atoms with Crippen LogP contribution in [0.3, 0.4) is 0 Å². The van der Waals surface area contributed by atoms with Crippen molar-refractivity contribution in [1.29, 1.82) is 0 Å². The van der Waals surface area contributed by atoms with E-state index in [2.05, 4.69) is 5.32 Å². The Morgan fingerprint density at radius 2 is 1.09 bits per heavy atom. The summed E-state index contributed by atoms with van der Waals surface area (Å²) in [5, 5.41) is 117. The number of aliphatic hydroxyl groups excluding tert-OH is 11. The van der Waals surface area contributed by atoms with Crippen LogP contribution < -0.4 is 5.32 Å². The smallest absolute Gasteiger partial charge is 0.217 e. The molecule has 4 heterocycles. The van der Waals surface area contributed by atoms with Gasteiger partial charge in [-0.1, -0.05) is 0 Å². The summed E-state index contributed by atoms with van der Waals surface area (Å²) in [7, 11) is 0. The fourth-order valence-corrected chi connectivity index (χ4v) is 5.86. The molecule has 20 nitrogen and oxygen atoms in total. The van der Waals surface area contributed by atoms with E-state index in [1.807, 2.05) is 0 Å². The maximum atomic E-state index is 12.3. The Bertz CT molecular complexity index is 997. The monoisotopic (exact) mass is 675 g/mol. The number of ether oxygens (including phenoxy) is 7. The predicted molar refractivity (Wildman–Crippen MR) is 143 cm³/mol. The van der Waals surface area contributed by atoms with Crippen molar-refractivity contribution in [3.63, 3.8) is 0 Å². The molecule has 0 aliphatic carbocycles. The van der Waals surface area contributed by atoms with E-state index < -0.39 is 142 Å². The van der Waals surface area contributed by atoms with Crippen LogP contribution in [0.2, 0.25) is 0 Å². The van der Waals surface area contributed by atoms with Crippen molar-refractivity contribution in [2.75, 3.05) is 13.2 Å². The normalized spacial score (nSPS) is 51.9. The number of rotatable bonds is 9. The third-order valence-corrected chi connectivity index (χ3v) is 8.52. The van der Waals surface area contributed by atoms with Gasteiger partial charge in [-0.25, -0.2) is 0 Å². The van der Waals surface area contributed by atoms with E-state index in [9.17, 15) is 61.0 Å². The first-order valence-corrected chi connectivity index (χ1v) is 14.8. The van der Waals surface area contributed by atoms with Crippen LogP contribution in [0, 0.1) is 0 Å². The van der Waals surface area contributed by atoms with Crippen LogP contribution in [-0.4, -0.2) is 198 Å². The fourth-order valence-electron chi connectivity index (χ4n) is 5.86. The maximum Gasteiger partial charge on any atom is 0.217 e. The predicted octanol–water partition coefficient (Wildman–Crippen LogP) is -7.55. The Hall–Kier alpha value is -1.25. The molecule has 0 aromatic carbocycles. The third kappa shape index (κ3) is 7.64. The van der Waals surface area contributed by atoms with Crippen LogP contribution in [-0.2, 0) is 38.0 Å². The van der Waals surface area contributed by atoms with E-state index in [1.54, 1.807) is 0 Å². The molecule has 46 heavy (non-hydrogen) atoms. The highest BCUT2D eigenvalue weighted by Crippen LogP contribution is 2.34. The summed E-state index contributed by atoms with van der Waals surface area (Å²) in [5.41, 5.74) is 0. The molecule has 12 N–H and O–H groups in total. The Kier molecular flexibility index (Phi) is 12.7. The lowest BCUT2D eigenvalue weighted by Crippen LogP contribution is -2.70. The number of carbonyl (C=O) groups excluding carboxylic acids is 1. The van der Waals surface area contributed by atoms with Crippen molar-refractivity contribution in [3.05, 3.63) is 0 Å². The van der Waals surface area contributed by atoms with Gasteiger partial charge in [-0.2, -0.15) is 0 Å². The van der Waals surface area contributed by atoms with E-state index >= 15 is 0 Å². The Labute approximate surface area is 262 Å². The molecule has 20 heteroatoms. The van der Waals surface area contributed by atoms with Crippen LogP contribution in [0.15, 0.2) is 0 Å². The zero-order chi connectivity index (χ0) is 34.2. The molecule has 268 valence electrons. The minimum absolute atomic E-state index is 0.692. The van der Waals surface area contributed by atoms with Crippen LogP contribution in [0.1, 0.15) is 20.8 Å². The quantitative estimate of drug-likeness (QED) is 0.108. The van der Waals surface area contributed by atoms with Gasteiger partial charge in [0.15, 0.2) is 25.2 Å². The molecule has 4 saturated heterocycles. The minimum Gasteiger partial charge on any atom is -0.394 e. The largest absolute Gasteiger partial charge is 0.394 e. The summed E-state index contributed by atoms with van der Waals surface area (Å²) in [5.74, 6) is -0.692. The molecule has 0 aromatic heterocycles. The number of hydrogen-bond donors (Lipinski definition) is 12. The van der Waals surface area contributed by atoms with E-state index in [4.69, 9.17) is 33.2 Å². The van der Waals surface area contributed by atoms with Gasteiger partial charge in [0.05, 0.1) is 25.4 Å². The van der Waals surface area contributed by atoms with Gasteiger partial charge in [-0.3, -0.25) is 4.79 Å². The lowest BCUT2D eigenvalue weighted by atomic mass is 9.94. The molecule has 4 aliphatic rings. The molecule has 1 amide bonds. The van der Waals surface area contributed by atoms with Gasteiger partial charge in [0.1, 0.15) is 85.4 Å². The van der Waals surface area contributed by atoms with Crippen LogP contribution >= 0.6 is 0 Å². The van der Waals surface area contributed by atoms with Gasteiger partial charge >= 0.3 is 0 Å². The molecular formula is C26H45NO19. The summed E-state index contributed by atoms with van der Waals surface area (Å²) in [6, 6.07) is -1.48. The molecule has 4 rings (SSSR count). The maximum absolute atomic E-state index is 12.3. The van der Waals surface area contributed by atoms with E-state index in [1.165, 1.54) is 13.8 Å². The van der Waals surface area contributed by atoms with Crippen molar-refractivity contribution >= 4 is 5.91 Å². The lowest BCUT2D eigenvalue weighted by Gasteiger charge is -2.50. The van der Waals surface area contributed by atoms with Crippen molar-refractivity contribution in [2.45, 2.75) is 144 Å². The first kappa shape index (κ1) is 37.6. The number of carbonyl (C=O) groups is 1. The Morgan fingerprint density at radius 3 is 1.67 bits per heavy atom. The van der Waals surface area contributed by atoms with Crippen molar-refractivity contribution in [2.24, 2.45) is 0 Å². The minimum atomic E-state index is -1.96. The molecule has 0 spiro atoms. The highest BCUT2D eigenvalue weighted by atomic mass is 16.8. The van der Waals surface area contributed by atoms with Gasteiger partial charge in [-0.05, 0) is 13.8 Å². The van der Waals surface area contributed by atoms with E-state index in [-0.39, 0.29) is 0 Å². The molecule has 0 unspecified atom stereocenters. The number of amides is 1. The van der Waals surface area contributed by atoms with Gasteiger partial charge in [0, 0.05) is 6.92 Å². The summed E-state index contributed by atoms with van der Waals surface area (Å²) in [4.78, 5) is 12.3. The Balaban J connectivity index is 1.60. The van der Waals surface area contributed by atoms with Crippen molar-refractivity contribution < 1.29 is 94.1 Å². The summed E-state index contributed by atoms with van der Waals surface area (Å²) in [6.45, 7) is 2.22. The van der Waals surface area contributed by atoms with Gasteiger partial charge < -0.3 is 94.6 Å². The molecule has 0 aromatic rings. The highest BCUT2D eigenvalue weighted by molar-refractivity contribution is 5.73. The van der Waals surface area contributed by atoms with Crippen LogP contribution in [0.5, 0.6) is 0 Å². The van der Waals surface area contributed by atoms with Gasteiger partial charge in [0.25, 0.3) is 0 Å². The topological polar surface area (TPSA) is 316 Å². The average Bonchev–Trinajstić information content (AvgIpc) is 3.01. The Morgan fingerprint density at radius 1 is 0.565 bits per heavy atom. The summed E-state index contributed by atoms with van der Waals surface area (Å²) in [6.07, 6.45) is -30.7. The van der Waals surface area contributed by atoms with Gasteiger partial charge in [-0.15, -0.1) is 0 Å². The van der Waals surface area contributed by atoms with Crippen LogP contribution in [0.4, 0.5) is 0 Å². The second kappa shape index (κ2) is 15.5. The summed E-state index contributed by atoms with van der Waals surface area (Å²) < 4.78 is 39.2. The molecule has 0 saturated carbocycles. The molecule has 0 radical (unpaired) electrons. The third-order valence-electron chi connectivity index (χ3n) is 8.52. The molecule has 20 atom stereocenters. The zero-order valence-electron chi connectivity index (χ0n) is 25.1. The van der Waals surface area contributed by atoms with Crippen molar-refractivity contribution in [1.82, 2.24) is 5.32 Å². The second-order valence-electron chi connectivity index (χ2n) is 11.8. The SMILES string of the molecule is CC(=O)N[C@H]1[C@H](O[C@@H]2[C@@H](O)[C@@H](O)[C@H](O)O[C@H]2C)O[C@H](CO)[C@@H](O)[C@@H]1O[C@H]1O[C@H](CO)[C@H](O)[C@H](O[C@@H]2O[C@@H](C)[C@H](O)[C@@H](O)[C@H]2O)[C@H]1O. The van der Waals surface area contributed by atoms with Gasteiger partial charge in [0.2, 0.25) is 5.91 Å². The highest BCUT2D eigenvalue weighted by Gasteiger charge is 2.55. The van der Waals surface area contributed by atoms with E-state index in [0.29, 0.717) is 0 Å². The van der Waals surface area contributed by atoms with Crippen LogP contribution in [0.25, 0.3) is 0 Å². The lowest BCUT2D eigenvalue weighted by molar-refractivity contribution is -0.377. The fraction of sp³-hybridized carbons (Fsp3) is 0.962. The van der Waals surface area contributed by atoms with E-state index in [0.717, 1.165) is 6.92 Å². The number of nitrogens with one attached hydrogen (secondary N) is 1. The first-order chi connectivity index (χ1) is 21.6. The molecule has 4 fully saturated rings. The number of hydrogen-bond acceptors (Lipinski definition) is 19.